The number of urea groups is 1. The number of hydrogen-bond acceptors (Lipinski definition) is 3. The Morgan fingerprint density at radius 1 is 1.24 bits per heavy atom. The van der Waals surface area contributed by atoms with Gasteiger partial charge in [-0.3, -0.25) is 0 Å². The molecule has 0 saturated carbocycles. The summed E-state index contributed by atoms with van der Waals surface area (Å²) in [5.41, 5.74) is -0.783. The number of carbonyl (C=O) groups is 1. The lowest BCUT2D eigenvalue weighted by Gasteiger charge is -2.11. The fourth-order valence-corrected chi connectivity index (χ4v) is 1.44. The standard InChI is InChI=1S/C13H17F3N2O3/c14-13(15,16)10-3-1-4-11(9-10)21-8-6-18-12(20)17-5-2-7-19/h1,3-4,9,19H,2,5-8H2,(H2,17,18,20). The number of aliphatic hydroxyl groups excluding tert-OH is 1. The molecule has 21 heavy (non-hydrogen) atoms. The number of amides is 2. The van der Waals surface area contributed by atoms with Crippen molar-refractivity contribution in [2.75, 3.05) is 26.3 Å². The second-order valence-electron chi connectivity index (χ2n) is 4.13. The first-order valence-corrected chi connectivity index (χ1v) is 6.36. The maximum Gasteiger partial charge on any atom is 0.416 e. The molecule has 1 aromatic carbocycles. The molecule has 0 radical (unpaired) electrons. The average Bonchev–Trinajstić information content (AvgIpc) is 2.43. The third-order valence-electron chi connectivity index (χ3n) is 2.44. The number of carbonyl (C=O) groups excluding carboxylic acids is 1. The van der Waals surface area contributed by atoms with Gasteiger partial charge in [0.05, 0.1) is 12.1 Å². The monoisotopic (exact) mass is 306 g/mol. The summed E-state index contributed by atoms with van der Waals surface area (Å²) in [5, 5.41) is 13.5. The summed E-state index contributed by atoms with van der Waals surface area (Å²) in [6.45, 7) is 0.533. The van der Waals surface area contributed by atoms with Crippen LogP contribution in [0.5, 0.6) is 5.75 Å². The molecule has 0 bridgehead atoms. The van der Waals surface area contributed by atoms with E-state index in [1.165, 1.54) is 12.1 Å². The van der Waals surface area contributed by atoms with Crippen LogP contribution in [0.25, 0.3) is 0 Å². The maximum absolute atomic E-state index is 12.5. The van der Waals surface area contributed by atoms with E-state index in [4.69, 9.17) is 9.84 Å². The number of aliphatic hydroxyl groups is 1. The van der Waals surface area contributed by atoms with Crippen molar-refractivity contribution in [3.63, 3.8) is 0 Å². The zero-order chi connectivity index (χ0) is 15.7. The fourth-order valence-electron chi connectivity index (χ4n) is 1.44. The Hall–Kier alpha value is -1.96. The van der Waals surface area contributed by atoms with Gasteiger partial charge in [0.2, 0.25) is 0 Å². The van der Waals surface area contributed by atoms with Gasteiger partial charge in [0.15, 0.2) is 0 Å². The Bertz CT molecular complexity index is 453. The minimum atomic E-state index is -4.41. The molecule has 3 N–H and O–H groups in total. The number of halogens is 3. The van der Waals surface area contributed by atoms with Gasteiger partial charge in [0.1, 0.15) is 12.4 Å². The predicted octanol–water partition coefficient (Wildman–Crippen LogP) is 1.77. The van der Waals surface area contributed by atoms with E-state index in [2.05, 4.69) is 10.6 Å². The van der Waals surface area contributed by atoms with Crippen LogP contribution in [0, 0.1) is 0 Å². The van der Waals surface area contributed by atoms with E-state index in [0.717, 1.165) is 12.1 Å². The molecule has 0 fully saturated rings. The minimum Gasteiger partial charge on any atom is -0.492 e. The van der Waals surface area contributed by atoms with E-state index in [9.17, 15) is 18.0 Å². The average molecular weight is 306 g/mol. The van der Waals surface area contributed by atoms with Crippen molar-refractivity contribution in [3.8, 4) is 5.75 Å². The van der Waals surface area contributed by atoms with Crippen molar-refractivity contribution in [2.24, 2.45) is 0 Å². The van der Waals surface area contributed by atoms with E-state index >= 15 is 0 Å². The summed E-state index contributed by atoms with van der Waals surface area (Å²) < 4.78 is 42.5. The van der Waals surface area contributed by atoms with E-state index < -0.39 is 17.8 Å². The summed E-state index contributed by atoms with van der Waals surface area (Å²) in [4.78, 5) is 11.2. The second-order valence-corrected chi connectivity index (χ2v) is 4.13. The largest absolute Gasteiger partial charge is 0.492 e. The SMILES string of the molecule is O=C(NCCCO)NCCOc1cccc(C(F)(F)F)c1. The van der Waals surface area contributed by atoms with Gasteiger partial charge >= 0.3 is 12.2 Å². The summed E-state index contributed by atoms with van der Waals surface area (Å²) in [5.74, 6) is 0.0901. The summed E-state index contributed by atoms with van der Waals surface area (Å²) in [7, 11) is 0. The van der Waals surface area contributed by atoms with Gasteiger partial charge in [-0.1, -0.05) is 6.07 Å². The van der Waals surface area contributed by atoms with E-state index in [1.807, 2.05) is 0 Å². The molecular weight excluding hydrogens is 289 g/mol. The molecule has 1 aromatic rings. The summed E-state index contributed by atoms with van der Waals surface area (Å²) in [6, 6.07) is 4.11. The Morgan fingerprint density at radius 2 is 1.95 bits per heavy atom. The van der Waals surface area contributed by atoms with Crippen molar-refractivity contribution < 1.29 is 27.8 Å². The van der Waals surface area contributed by atoms with Crippen LogP contribution in [-0.4, -0.2) is 37.4 Å². The van der Waals surface area contributed by atoms with Crippen LogP contribution >= 0.6 is 0 Å². The molecule has 5 nitrogen and oxygen atoms in total. The highest BCUT2D eigenvalue weighted by Gasteiger charge is 2.30. The predicted molar refractivity (Wildman–Crippen MR) is 70.0 cm³/mol. The van der Waals surface area contributed by atoms with Crippen molar-refractivity contribution in [1.29, 1.82) is 0 Å². The maximum atomic E-state index is 12.5. The van der Waals surface area contributed by atoms with Crippen molar-refractivity contribution >= 4 is 6.03 Å². The third-order valence-corrected chi connectivity index (χ3v) is 2.44. The summed E-state index contributed by atoms with van der Waals surface area (Å²) >= 11 is 0. The molecular formula is C13H17F3N2O3. The zero-order valence-electron chi connectivity index (χ0n) is 11.2. The Labute approximate surface area is 120 Å². The van der Waals surface area contributed by atoms with Crippen LogP contribution < -0.4 is 15.4 Å². The fraction of sp³-hybridized carbons (Fsp3) is 0.462. The van der Waals surface area contributed by atoms with E-state index in [-0.39, 0.29) is 25.5 Å². The second kappa shape index (κ2) is 8.35. The first-order chi connectivity index (χ1) is 9.93. The molecule has 0 unspecified atom stereocenters. The quantitative estimate of drug-likeness (QED) is 0.672. The molecule has 0 aromatic heterocycles. The lowest BCUT2D eigenvalue weighted by Crippen LogP contribution is -2.38. The van der Waals surface area contributed by atoms with Crippen molar-refractivity contribution in [3.05, 3.63) is 29.8 Å². The first-order valence-electron chi connectivity index (χ1n) is 6.36. The van der Waals surface area contributed by atoms with Gasteiger partial charge in [-0.25, -0.2) is 4.79 Å². The molecule has 0 aliphatic rings. The normalized spacial score (nSPS) is 11.0. The number of hydrogen-bond donors (Lipinski definition) is 3. The first kappa shape index (κ1) is 17.1. The van der Waals surface area contributed by atoms with Crippen LogP contribution in [0.3, 0.4) is 0 Å². The molecule has 8 heteroatoms. The summed E-state index contributed by atoms with van der Waals surface area (Å²) in [6.07, 6.45) is -3.96. The van der Waals surface area contributed by atoms with Gasteiger partial charge in [0.25, 0.3) is 0 Å². The molecule has 0 heterocycles. The van der Waals surface area contributed by atoms with Gasteiger partial charge in [-0.2, -0.15) is 13.2 Å². The van der Waals surface area contributed by atoms with Crippen LogP contribution in [0.1, 0.15) is 12.0 Å². The lowest BCUT2D eigenvalue weighted by molar-refractivity contribution is -0.137. The highest BCUT2D eigenvalue weighted by Crippen LogP contribution is 2.31. The van der Waals surface area contributed by atoms with Crippen molar-refractivity contribution in [2.45, 2.75) is 12.6 Å². The van der Waals surface area contributed by atoms with Gasteiger partial charge in [-0.15, -0.1) is 0 Å². The smallest absolute Gasteiger partial charge is 0.416 e. The number of nitrogens with one attached hydrogen (secondary N) is 2. The topological polar surface area (TPSA) is 70.6 Å². The minimum absolute atomic E-state index is 0.0149. The Kier molecular flexibility index (Phi) is 6.80. The third kappa shape index (κ3) is 6.84. The molecule has 1 rings (SSSR count). The van der Waals surface area contributed by atoms with Gasteiger partial charge < -0.3 is 20.5 Å². The Balaban J connectivity index is 2.28. The Morgan fingerprint density at radius 3 is 2.62 bits per heavy atom. The number of rotatable bonds is 7. The molecule has 0 spiro atoms. The van der Waals surface area contributed by atoms with Gasteiger partial charge in [-0.05, 0) is 24.6 Å². The van der Waals surface area contributed by atoms with Gasteiger partial charge in [0, 0.05) is 13.2 Å². The number of alkyl halides is 3. The molecule has 0 saturated heterocycles. The van der Waals surface area contributed by atoms with E-state index in [0.29, 0.717) is 13.0 Å². The van der Waals surface area contributed by atoms with Crippen LogP contribution in [0.2, 0.25) is 0 Å². The highest BCUT2D eigenvalue weighted by atomic mass is 19.4. The molecule has 118 valence electrons. The highest BCUT2D eigenvalue weighted by molar-refractivity contribution is 5.73. The molecule has 0 aliphatic heterocycles. The van der Waals surface area contributed by atoms with Crippen LogP contribution in [-0.2, 0) is 6.18 Å². The number of benzene rings is 1. The van der Waals surface area contributed by atoms with Crippen LogP contribution in [0.4, 0.5) is 18.0 Å². The molecule has 0 atom stereocenters. The van der Waals surface area contributed by atoms with Crippen LogP contribution in [0.15, 0.2) is 24.3 Å². The molecule has 0 aliphatic carbocycles. The number of ether oxygens (including phenoxy) is 1. The van der Waals surface area contributed by atoms with Crippen molar-refractivity contribution in [1.82, 2.24) is 10.6 Å². The molecule has 2 amide bonds. The van der Waals surface area contributed by atoms with E-state index in [1.54, 1.807) is 0 Å². The lowest BCUT2D eigenvalue weighted by atomic mass is 10.2. The zero-order valence-corrected chi connectivity index (χ0v) is 11.2.